The first kappa shape index (κ1) is 13.5. The molecule has 0 heterocycles. The van der Waals surface area contributed by atoms with Crippen molar-refractivity contribution in [1.29, 1.82) is 0 Å². The van der Waals surface area contributed by atoms with Crippen LogP contribution in [0.4, 0.5) is 0 Å². The summed E-state index contributed by atoms with van der Waals surface area (Å²) in [7, 11) is 0. The molecule has 1 aliphatic carbocycles. The van der Waals surface area contributed by atoms with Gasteiger partial charge in [-0.3, -0.25) is 4.79 Å². The van der Waals surface area contributed by atoms with Gasteiger partial charge in [0, 0.05) is 12.0 Å². The Hall–Kier alpha value is -0.530. The topological polar surface area (TPSA) is 29.1 Å². The second-order valence-corrected chi connectivity index (χ2v) is 6.35. The molecule has 2 heteroatoms. The number of amides is 1. The quantitative estimate of drug-likeness (QED) is 0.782. The van der Waals surface area contributed by atoms with Crippen LogP contribution in [0.2, 0.25) is 0 Å². The van der Waals surface area contributed by atoms with Gasteiger partial charge in [0.15, 0.2) is 0 Å². The third-order valence-corrected chi connectivity index (χ3v) is 3.97. The molecule has 1 rings (SSSR count). The molecule has 1 aliphatic rings. The van der Waals surface area contributed by atoms with Crippen molar-refractivity contribution < 1.29 is 4.79 Å². The smallest absolute Gasteiger partial charge is 0.225 e. The molecule has 1 fully saturated rings. The van der Waals surface area contributed by atoms with Gasteiger partial charge in [-0.05, 0) is 24.7 Å². The van der Waals surface area contributed by atoms with Gasteiger partial charge in [-0.15, -0.1) is 0 Å². The maximum atomic E-state index is 11.9. The first-order valence-corrected chi connectivity index (χ1v) is 6.68. The minimum absolute atomic E-state index is 0.186. The van der Waals surface area contributed by atoms with Crippen LogP contribution in [0.25, 0.3) is 0 Å². The number of nitrogens with one attached hydrogen (secondary N) is 1. The normalized spacial score (nSPS) is 20.5. The highest BCUT2D eigenvalue weighted by molar-refractivity contribution is 5.81. The monoisotopic (exact) mass is 225 g/mol. The van der Waals surface area contributed by atoms with Gasteiger partial charge in [0.1, 0.15) is 0 Å². The number of hydrogen-bond acceptors (Lipinski definition) is 1. The molecule has 0 aromatic heterocycles. The fourth-order valence-corrected chi connectivity index (χ4v) is 2.49. The van der Waals surface area contributed by atoms with Crippen LogP contribution in [-0.4, -0.2) is 12.5 Å². The molecule has 0 atom stereocenters. The third-order valence-electron chi connectivity index (χ3n) is 3.97. The zero-order valence-electron chi connectivity index (χ0n) is 11.4. The summed E-state index contributed by atoms with van der Waals surface area (Å²) in [6.07, 6.45) is 7.80. The third kappa shape index (κ3) is 3.50. The SMILES string of the molecule is CCC1(CNC(=O)C(C)(C)C)CCCCC1. The van der Waals surface area contributed by atoms with Crippen LogP contribution in [-0.2, 0) is 4.79 Å². The molecule has 0 aliphatic heterocycles. The number of rotatable bonds is 3. The number of hydrogen-bond donors (Lipinski definition) is 1. The minimum Gasteiger partial charge on any atom is -0.355 e. The van der Waals surface area contributed by atoms with Crippen molar-refractivity contribution in [2.24, 2.45) is 10.8 Å². The summed E-state index contributed by atoms with van der Waals surface area (Å²) in [5.74, 6) is 0.186. The molecule has 0 aromatic carbocycles. The Morgan fingerprint density at radius 3 is 2.19 bits per heavy atom. The Balaban J connectivity index is 2.48. The van der Waals surface area contributed by atoms with Gasteiger partial charge in [-0.25, -0.2) is 0 Å². The lowest BCUT2D eigenvalue weighted by atomic mass is 9.72. The highest BCUT2D eigenvalue weighted by Crippen LogP contribution is 2.38. The van der Waals surface area contributed by atoms with Gasteiger partial charge in [-0.1, -0.05) is 47.0 Å². The van der Waals surface area contributed by atoms with E-state index in [1.54, 1.807) is 0 Å². The van der Waals surface area contributed by atoms with Gasteiger partial charge < -0.3 is 5.32 Å². The molecule has 0 spiro atoms. The highest BCUT2D eigenvalue weighted by atomic mass is 16.2. The highest BCUT2D eigenvalue weighted by Gasteiger charge is 2.31. The van der Waals surface area contributed by atoms with Crippen molar-refractivity contribution in [3.8, 4) is 0 Å². The molecule has 94 valence electrons. The van der Waals surface area contributed by atoms with Crippen LogP contribution >= 0.6 is 0 Å². The first-order valence-electron chi connectivity index (χ1n) is 6.68. The van der Waals surface area contributed by atoms with Crippen molar-refractivity contribution >= 4 is 5.91 Å². The van der Waals surface area contributed by atoms with E-state index in [1.165, 1.54) is 38.5 Å². The van der Waals surface area contributed by atoms with Gasteiger partial charge >= 0.3 is 0 Å². The Kier molecular flexibility index (Phi) is 4.40. The average molecular weight is 225 g/mol. The van der Waals surface area contributed by atoms with Crippen LogP contribution in [0.1, 0.15) is 66.2 Å². The predicted molar refractivity (Wildman–Crippen MR) is 68.3 cm³/mol. The van der Waals surface area contributed by atoms with Gasteiger partial charge in [0.05, 0.1) is 0 Å². The summed E-state index contributed by atoms with van der Waals surface area (Å²) in [4.78, 5) is 11.9. The van der Waals surface area contributed by atoms with E-state index in [9.17, 15) is 4.79 Å². The molecule has 0 saturated heterocycles. The molecule has 0 unspecified atom stereocenters. The lowest BCUT2D eigenvalue weighted by Crippen LogP contribution is -2.43. The van der Waals surface area contributed by atoms with Crippen molar-refractivity contribution in [3.05, 3.63) is 0 Å². The Morgan fingerprint density at radius 1 is 1.19 bits per heavy atom. The van der Waals surface area contributed by atoms with Crippen molar-refractivity contribution in [2.75, 3.05) is 6.54 Å². The van der Waals surface area contributed by atoms with Crippen molar-refractivity contribution in [3.63, 3.8) is 0 Å². The summed E-state index contributed by atoms with van der Waals surface area (Å²) in [6, 6.07) is 0. The second kappa shape index (κ2) is 5.20. The molecule has 1 amide bonds. The van der Waals surface area contributed by atoms with E-state index in [0.29, 0.717) is 5.41 Å². The molecule has 1 N–H and O–H groups in total. The standard InChI is InChI=1S/C14H27NO/c1-5-14(9-7-6-8-10-14)11-15-12(16)13(2,3)4/h5-11H2,1-4H3,(H,15,16). The van der Waals surface area contributed by atoms with Crippen LogP contribution in [0, 0.1) is 10.8 Å². The van der Waals surface area contributed by atoms with Gasteiger partial charge in [0.2, 0.25) is 5.91 Å². The van der Waals surface area contributed by atoms with Crippen LogP contribution in [0.3, 0.4) is 0 Å². The zero-order valence-corrected chi connectivity index (χ0v) is 11.4. The molecule has 0 bridgehead atoms. The van der Waals surface area contributed by atoms with E-state index >= 15 is 0 Å². The Labute approximate surface area is 100 Å². The molecule has 1 saturated carbocycles. The molecular weight excluding hydrogens is 198 g/mol. The fraction of sp³-hybridized carbons (Fsp3) is 0.929. The summed E-state index contributed by atoms with van der Waals surface area (Å²) < 4.78 is 0. The van der Waals surface area contributed by atoms with Gasteiger partial charge in [0.25, 0.3) is 0 Å². The van der Waals surface area contributed by atoms with Crippen LogP contribution in [0.15, 0.2) is 0 Å². The molecule has 0 radical (unpaired) electrons. The largest absolute Gasteiger partial charge is 0.355 e. The van der Waals surface area contributed by atoms with Crippen LogP contribution in [0.5, 0.6) is 0 Å². The zero-order chi connectivity index (χ0) is 12.2. The molecule has 0 aromatic rings. The molecule has 2 nitrogen and oxygen atoms in total. The average Bonchev–Trinajstić information content (AvgIpc) is 2.26. The minimum atomic E-state index is -0.260. The summed E-state index contributed by atoms with van der Waals surface area (Å²) in [6.45, 7) is 9.06. The van der Waals surface area contributed by atoms with E-state index in [1.807, 2.05) is 20.8 Å². The van der Waals surface area contributed by atoms with E-state index in [-0.39, 0.29) is 11.3 Å². The first-order chi connectivity index (χ1) is 7.40. The summed E-state index contributed by atoms with van der Waals surface area (Å²) >= 11 is 0. The second-order valence-electron chi connectivity index (χ2n) is 6.35. The van der Waals surface area contributed by atoms with Crippen LogP contribution < -0.4 is 5.32 Å². The molecular formula is C14H27NO. The lowest BCUT2D eigenvalue weighted by molar-refractivity contribution is -0.129. The predicted octanol–water partition coefficient (Wildman–Crippen LogP) is 3.51. The van der Waals surface area contributed by atoms with E-state index in [4.69, 9.17) is 0 Å². The molecule has 16 heavy (non-hydrogen) atoms. The van der Waals surface area contributed by atoms with E-state index in [0.717, 1.165) is 6.54 Å². The van der Waals surface area contributed by atoms with E-state index < -0.39 is 0 Å². The Bertz CT molecular complexity index is 234. The van der Waals surface area contributed by atoms with Crippen molar-refractivity contribution in [2.45, 2.75) is 66.2 Å². The maximum absolute atomic E-state index is 11.9. The number of carbonyl (C=O) groups is 1. The summed E-state index contributed by atoms with van der Waals surface area (Å²) in [5, 5.41) is 3.15. The maximum Gasteiger partial charge on any atom is 0.225 e. The van der Waals surface area contributed by atoms with E-state index in [2.05, 4.69) is 12.2 Å². The number of carbonyl (C=O) groups excluding carboxylic acids is 1. The lowest BCUT2D eigenvalue weighted by Gasteiger charge is -2.37. The fourth-order valence-electron chi connectivity index (χ4n) is 2.49. The Morgan fingerprint density at radius 2 is 1.75 bits per heavy atom. The van der Waals surface area contributed by atoms with Crippen molar-refractivity contribution in [1.82, 2.24) is 5.32 Å². The van der Waals surface area contributed by atoms with Gasteiger partial charge in [-0.2, -0.15) is 0 Å². The summed E-state index contributed by atoms with van der Waals surface area (Å²) in [5.41, 5.74) is 0.128.